The van der Waals surface area contributed by atoms with Crippen molar-refractivity contribution in [2.75, 3.05) is 34.9 Å². The average molecular weight is 818 g/mol. The van der Waals surface area contributed by atoms with Crippen LogP contribution in [-0.4, -0.2) is 157 Å². The van der Waals surface area contributed by atoms with E-state index in [1.54, 1.807) is 27.9 Å². The first-order chi connectivity index (χ1) is 26.4. The first-order valence-corrected chi connectivity index (χ1v) is 20.9. The molecule has 4 aliphatic rings. The minimum absolute atomic E-state index is 0.147. The monoisotopic (exact) mass is 818 g/mol. The van der Waals surface area contributed by atoms with Crippen molar-refractivity contribution in [3.8, 4) is 0 Å². The molecule has 4 aliphatic heterocycles. The molecule has 0 amide bonds. The number of likely N-dealkylation sites (N-methyl/N-ethyl adjacent to an activating group) is 1. The van der Waals surface area contributed by atoms with Crippen LogP contribution in [0.2, 0.25) is 0 Å². The summed E-state index contributed by atoms with van der Waals surface area (Å²) in [5, 5.41) is 34.3. The summed E-state index contributed by atoms with van der Waals surface area (Å²) in [5.41, 5.74) is -4.49. The van der Waals surface area contributed by atoms with Crippen LogP contribution >= 0.6 is 0 Å². The number of cyclic esters (lactones) is 1. The predicted octanol–water partition coefficient (Wildman–Crippen LogP) is 3.60. The Balaban J connectivity index is 1.86. The second-order valence-corrected chi connectivity index (χ2v) is 18.4. The molecular weight excluding hydrogens is 742 g/mol. The fourth-order valence-electron chi connectivity index (χ4n) is 10.4. The van der Waals surface area contributed by atoms with Crippen molar-refractivity contribution in [2.24, 2.45) is 23.7 Å². The van der Waals surface area contributed by atoms with E-state index in [0.29, 0.717) is 19.3 Å². The maximum absolute atomic E-state index is 14.5. The molecule has 19 atom stereocenters. The average Bonchev–Trinajstić information content (AvgIpc) is 3.83. The van der Waals surface area contributed by atoms with Crippen LogP contribution in [0.25, 0.3) is 0 Å². The number of aliphatic hydroxyl groups excluding tert-OH is 2. The number of carbonyl (C=O) groups is 2. The third kappa shape index (κ3) is 10.0. The van der Waals surface area contributed by atoms with Gasteiger partial charge in [0.15, 0.2) is 18.7 Å². The van der Waals surface area contributed by atoms with Crippen LogP contribution in [0.1, 0.15) is 108 Å². The zero-order valence-corrected chi connectivity index (χ0v) is 37.2. The van der Waals surface area contributed by atoms with E-state index in [1.165, 1.54) is 14.0 Å². The molecule has 0 radical (unpaired) electrons. The van der Waals surface area contributed by atoms with E-state index < -0.39 is 101 Å². The molecule has 0 spiro atoms. The smallest absolute Gasteiger partial charge is 0.311 e. The fourth-order valence-corrected chi connectivity index (χ4v) is 10.4. The van der Waals surface area contributed by atoms with E-state index >= 15 is 0 Å². The summed E-state index contributed by atoms with van der Waals surface area (Å²) in [6.45, 7) is 19.8. The summed E-state index contributed by atoms with van der Waals surface area (Å²) >= 11 is 0. The lowest BCUT2D eigenvalue weighted by molar-refractivity contribution is -0.320. The van der Waals surface area contributed by atoms with E-state index in [1.807, 2.05) is 60.5 Å². The fraction of sp³-hybridized carbons (Fsp3) is 0.952. The number of carbonyl (C=O) groups excluding carboxylic acids is 2. The number of rotatable bonds is 11. The standard InChI is InChI=1S/C42H75NO14/c1-16-30-41(10,48)29(17-18-44)42(11)34(57-42)22(2)20-39(8,49-14)35(56-38-32(46)28(43(12)13)19-23(3)51-38)24(4)33(25(5)37(47)54-30)55-31-21-40(9,50-15)36(26(6)52-31)53-27(7)45/h22-26,28-36,38,44,46,48H,16-21H2,1-15H3/t22-,23-,24-,25-,26+,28+,29-,30-,31?,32-,33+,34?,35-,36+,38+,39-,40-,41+,42?/m1/s1. The lowest BCUT2D eigenvalue weighted by Gasteiger charge is -2.50. The van der Waals surface area contributed by atoms with Gasteiger partial charge in [0.2, 0.25) is 0 Å². The zero-order chi connectivity index (χ0) is 43.0. The van der Waals surface area contributed by atoms with Gasteiger partial charge in [-0.15, -0.1) is 0 Å². The molecule has 3 N–H and O–H groups in total. The van der Waals surface area contributed by atoms with Crippen LogP contribution in [0.15, 0.2) is 0 Å². The Bertz CT molecular complexity index is 1350. The minimum atomic E-state index is -1.57. The van der Waals surface area contributed by atoms with Crippen molar-refractivity contribution >= 4 is 11.9 Å². The van der Waals surface area contributed by atoms with Crippen LogP contribution < -0.4 is 0 Å². The molecule has 0 saturated carbocycles. The quantitative estimate of drug-likeness (QED) is 0.203. The SMILES string of the molecule is CC[C@H]1OC(=O)[C@H](C)[C@@H](OC2C[C@@](C)(OC)[C@@H](OC(C)=O)[C@H](C)O2)[C@@H](C)[C@@H](O[C@@H]2O[C@H](C)C[C@H](N(C)C)[C@H]2O)[C@](C)(OC)C[C@@H](C)C2OC2(C)[C@H](CCO)[C@]1(C)O. The van der Waals surface area contributed by atoms with Gasteiger partial charge in [-0.2, -0.15) is 0 Å². The molecule has 15 nitrogen and oxygen atoms in total. The van der Waals surface area contributed by atoms with Gasteiger partial charge in [-0.1, -0.05) is 20.8 Å². The summed E-state index contributed by atoms with van der Waals surface area (Å²) in [6, 6.07) is -0.252. The van der Waals surface area contributed by atoms with E-state index in [9.17, 15) is 24.9 Å². The van der Waals surface area contributed by atoms with Crippen LogP contribution in [0.5, 0.6) is 0 Å². The summed E-state index contributed by atoms with van der Waals surface area (Å²) in [7, 11) is 6.97. The summed E-state index contributed by atoms with van der Waals surface area (Å²) in [5.74, 6) is -3.43. The van der Waals surface area contributed by atoms with Gasteiger partial charge in [0.1, 0.15) is 23.4 Å². The van der Waals surface area contributed by atoms with Gasteiger partial charge in [-0.05, 0) is 94.2 Å². The molecule has 0 aromatic carbocycles. The number of fused-ring (bicyclic) bond motifs is 1. The Labute approximate surface area is 340 Å². The van der Waals surface area contributed by atoms with Crippen molar-refractivity contribution in [3.63, 3.8) is 0 Å². The lowest BCUT2D eigenvalue weighted by Crippen LogP contribution is -2.61. The van der Waals surface area contributed by atoms with Gasteiger partial charge in [-0.25, -0.2) is 0 Å². The van der Waals surface area contributed by atoms with Crippen LogP contribution in [0.3, 0.4) is 0 Å². The molecule has 4 saturated heterocycles. The second-order valence-electron chi connectivity index (χ2n) is 18.4. The molecule has 4 heterocycles. The van der Waals surface area contributed by atoms with Crippen molar-refractivity contribution in [1.29, 1.82) is 0 Å². The Hall–Kier alpha value is -1.50. The van der Waals surface area contributed by atoms with Crippen molar-refractivity contribution in [1.82, 2.24) is 4.90 Å². The largest absolute Gasteiger partial charge is 0.459 e. The summed E-state index contributed by atoms with van der Waals surface area (Å²) < 4.78 is 57.4. The second kappa shape index (κ2) is 18.6. The molecule has 15 heteroatoms. The molecule has 4 rings (SSSR count). The summed E-state index contributed by atoms with van der Waals surface area (Å²) in [4.78, 5) is 28.6. The third-order valence-corrected chi connectivity index (χ3v) is 13.7. The molecule has 3 unspecified atom stereocenters. The van der Waals surface area contributed by atoms with Gasteiger partial charge in [-0.3, -0.25) is 9.59 Å². The Morgan fingerprint density at radius 2 is 1.56 bits per heavy atom. The molecule has 0 bridgehead atoms. The number of methoxy groups -OCH3 is 2. The van der Waals surface area contributed by atoms with Gasteiger partial charge in [0, 0.05) is 52.0 Å². The normalized spacial score (nSPS) is 48.8. The topological polar surface area (TPSA) is 184 Å². The highest BCUT2D eigenvalue weighted by Crippen LogP contribution is 2.55. The highest BCUT2D eigenvalue weighted by Gasteiger charge is 2.66. The molecule has 0 aromatic heterocycles. The van der Waals surface area contributed by atoms with Crippen molar-refractivity contribution < 1.29 is 67.5 Å². The number of epoxide rings is 1. The lowest BCUT2D eigenvalue weighted by atomic mass is 9.69. The Morgan fingerprint density at radius 3 is 2.11 bits per heavy atom. The maximum Gasteiger partial charge on any atom is 0.311 e. The number of aliphatic hydroxyl groups is 3. The van der Waals surface area contributed by atoms with E-state index in [4.69, 9.17) is 42.6 Å². The number of esters is 2. The van der Waals surface area contributed by atoms with E-state index in [0.717, 1.165) is 0 Å². The first-order valence-electron chi connectivity index (χ1n) is 20.9. The van der Waals surface area contributed by atoms with Gasteiger partial charge >= 0.3 is 11.9 Å². The maximum atomic E-state index is 14.5. The number of nitrogens with zero attached hydrogens (tertiary/aromatic N) is 1. The molecule has 0 aliphatic carbocycles. The van der Waals surface area contributed by atoms with Gasteiger partial charge in [0.25, 0.3) is 0 Å². The van der Waals surface area contributed by atoms with Gasteiger partial charge in [0.05, 0.1) is 47.6 Å². The van der Waals surface area contributed by atoms with Gasteiger partial charge < -0.3 is 62.9 Å². The van der Waals surface area contributed by atoms with Crippen LogP contribution in [0, 0.1) is 23.7 Å². The molecule has 4 fully saturated rings. The molecule has 0 aromatic rings. The molecular formula is C42H75NO14. The molecule has 57 heavy (non-hydrogen) atoms. The third-order valence-electron chi connectivity index (χ3n) is 13.7. The molecule has 332 valence electrons. The Kier molecular flexibility index (Phi) is 15.7. The Morgan fingerprint density at radius 1 is 0.947 bits per heavy atom. The van der Waals surface area contributed by atoms with E-state index in [2.05, 4.69) is 6.92 Å². The minimum Gasteiger partial charge on any atom is -0.459 e. The number of ether oxygens (including phenoxy) is 9. The van der Waals surface area contributed by atoms with E-state index in [-0.39, 0.29) is 43.6 Å². The predicted molar refractivity (Wildman–Crippen MR) is 209 cm³/mol. The van der Waals surface area contributed by atoms with Crippen molar-refractivity contribution in [3.05, 3.63) is 0 Å². The number of hydrogen-bond acceptors (Lipinski definition) is 15. The van der Waals surface area contributed by atoms with Crippen LogP contribution in [0.4, 0.5) is 0 Å². The first kappa shape index (κ1) is 48.2. The zero-order valence-electron chi connectivity index (χ0n) is 37.2. The van der Waals surface area contributed by atoms with Crippen molar-refractivity contribution in [2.45, 2.75) is 198 Å². The van der Waals surface area contributed by atoms with Crippen LogP contribution in [-0.2, 0) is 52.2 Å². The summed E-state index contributed by atoms with van der Waals surface area (Å²) in [6.07, 6.45) is -6.01. The number of hydrogen-bond donors (Lipinski definition) is 3. The highest BCUT2D eigenvalue weighted by molar-refractivity contribution is 5.73. The highest BCUT2D eigenvalue weighted by atomic mass is 16.7.